The van der Waals surface area contributed by atoms with E-state index in [2.05, 4.69) is 4.98 Å². The van der Waals surface area contributed by atoms with Crippen LogP contribution in [0.4, 0.5) is 13.9 Å². The van der Waals surface area contributed by atoms with Crippen molar-refractivity contribution >= 4 is 28.1 Å². The van der Waals surface area contributed by atoms with Gasteiger partial charge in [0.25, 0.3) is 6.43 Å². The summed E-state index contributed by atoms with van der Waals surface area (Å²) in [7, 11) is 0. The molecule has 15 heavy (non-hydrogen) atoms. The molecule has 1 fully saturated rings. The Labute approximate surface area is 94.6 Å². The summed E-state index contributed by atoms with van der Waals surface area (Å²) >= 11 is 6.57. The van der Waals surface area contributed by atoms with Gasteiger partial charge in [0.05, 0.1) is 13.2 Å². The predicted octanol–water partition coefficient (Wildman–Crippen LogP) is 2.57. The normalized spacial score (nSPS) is 17.5. The first kappa shape index (κ1) is 11.0. The lowest BCUT2D eigenvalue weighted by molar-refractivity contribution is 0.122. The van der Waals surface area contributed by atoms with Crippen molar-refractivity contribution in [2.45, 2.75) is 6.43 Å². The number of ether oxygens (including phenoxy) is 1. The predicted molar refractivity (Wildman–Crippen MR) is 55.1 cm³/mol. The molecule has 7 heteroatoms. The number of halogens is 3. The van der Waals surface area contributed by atoms with Crippen molar-refractivity contribution in [2.24, 2.45) is 0 Å². The second-order valence-electron chi connectivity index (χ2n) is 3.05. The monoisotopic (exact) mass is 254 g/mol. The van der Waals surface area contributed by atoms with Gasteiger partial charge in [-0.15, -0.1) is 0 Å². The molecule has 1 saturated heterocycles. The molecule has 2 rings (SSSR count). The van der Waals surface area contributed by atoms with E-state index < -0.39 is 6.43 Å². The number of anilines is 1. The molecule has 0 aromatic carbocycles. The van der Waals surface area contributed by atoms with E-state index in [1.165, 1.54) is 0 Å². The van der Waals surface area contributed by atoms with E-state index in [1.54, 1.807) is 0 Å². The van der Waals surface area contributed by atoms with Crippen molar-refractivity contribution in [1.82, 2.24) is 4.98 Å². The molecule has 0 amide bonds. The maximum Gasteiger partial charge on any atom is 0.275 e. The zero-order chi connectivity index (χ0) is 10.8. The molecule has 1 aliphatic heterocycles. The Balaban J connectivity index is 2.17. The number of alkyl halides is 2. The first-order valence-electron chi connectivity index (χ1n) is 4.45. The number of hydrogen-bond acceptors (Lipinski definition) is 4. The van der Waals surface area contributed by atoms with Crippen molar-refractivity contribution in [2.75, 3.05) is 31.2 Å². The van der Waals surface area contributed by atoms with Crippen LogP contribution in [-0.4, -0.2) is 31.3 Å². The number of thiazole rings is 1. The summed E-state index contributed by atoms with van der Waals surface area (Å²) < 4.78 is 30.1. The van der Waals surface area contributed by atoms with E-state index in [0.717, 1.165) is 11.3 Å². The van der Waals surface area contributed by atoms with Crippen LogP contribution in [0.5, 0.6) is 0 Å². The van der Waals surface area contributed by atoms with Crippen LogP contribution in [0.1, 0.15) is 11.3 Å². The molecule has 0 aliphatic carbocycles. The fraction of sp³-hybridized carbons (Fsp3) is 0.625. The molecule has 0 saturated carbocycles. The van der Waals surface area contributed by atoms with Gasteiger partial charge in [-0.3, -0.25) is 0 Å². The first-order chi connectivity index (χ1) is 7.18. The molecule has 0 atom stereocenters. The topological polar surface area (TPSA) is 25.4 Å². The molecule has 2 heterocycles. The lowest BCUT2D eigenvalue weighted by atomic mass is 10.5. The fourth-order valence-electron chi connectivity index (χ4n) is 1.33. The van der Waals surface area contributed by atoms with Gasteiger partial charge in [0.1, 0.15) is 4.88 Å². The summed E-state index contributed by atoms with van der Waals surface area (Å²) in [5, 5.41) is 0.468. The SMILES string of the molecule is FC(F)c1sc(N2CCOCC2)nc1Cl. The van der Waals surface area contributed by atoms with Gasteiger partial charge in [-0.05, 0) is 0 Å². The maximum atomic E-state index is 12.5. The van der Waals surface area contributed by atoms with Crippen LogP contribution >= 0.6 is 22.9 Å². The molecule has 0 bridgehead atoms. The molecule has 0 N–H and O–H groups in total. The van der Waals surface area contributed by atoms with Gasteiger partial charge in [0.15, 0.2) is 10.3 Å². The van der Waals surface area contributed by atoms with E-state index >= 15 is 0 Å². The standard InChI is InChI=1S/C8H9ClF2N2OS/c9-6-5(7(10)11)15-8(12-6)13-1-3-14-4-2-13/h7H,1-4H2. The van der Waals surface area contributed by atoms with E-state index in [4.69, 9.17) is 16.3 Å². The molecule has 1 aromatic heterocycles. The molecule has 1 aliphatic rings. The van der Waals surface area contributed by atoms with Crippen LogP contribution in [0, 0.1) is 0 Å². The quantitative estimate of drug-likeness (QED) is 0.811. The highest BCUT2D eigenvalue weighted by Crippen LogP contribution is 2.36. The average Bonchev–Trinajstić information content (AvgIpc) is 2.62. The highest BCUT2D eigenvalue weighted by molar-refractivity contribution is 7.16. The zero-order valence-electron chi connectivity index (χ0n) is 7.75. The third-order valence-electron chi connectivity index (χ3n) is 2.08. The maximum absolute atomic E-state index is 12.5. The minimum Gasteiger partial charge on any atom is -0.378 e. The number of rotatable bonds is 2. The highest BCUT2D eigenvalue weighted by atomic mass is 35.5. The Morgan fingerprint density at radius 2 is 2.07 bits per heavy atom. The Bertz CT molecular complexity index is 341. The summed E-state index contributed by atoms with van der Waals surface area (Å²) in [5.41, 5.74) is 0. The fourth-order valence-corrected chi connectivity index (χ4v) is 2.52. The minimum atomic E-state index is -2.55. The largest absolute Gasteiger partial charge is 0.378 e. The number of aromatic nitrogens is 1. The van der Waals surface area contributed by atoms with Crippen LogP contribution in [0.3, 0.4) is 0 Å². The second-order valence-corrected chi connectivity index (χ2v) is 4.42. The van der Waals surface area contributed by atoms with Crippen LogP contribution in [0.2, 0.25) is 5.15 Å². The third kappa shape index (κ3) is 2.38. The smallest absolute Gasteiger partial charge is 0.275 e. The van der Waals surface area contributed by atoms with Gasteiger partial charge in [0, 0.05) is 13.1 Å². The van der Waals surface area contributed by atoms with E-state index in [-0.39, 0.29) is 10.0 Å². The Kier molecular flexibility index (Phi) is 3.38. The van der Waals surface area contributed by atoms with Gasteiger partial charge in [-0.1, -0.05) is 22.9 Å². The Morgan fingerprint density at radius 1 is 1.40 bits per heavy atom. The zero-order valence-corrected chi connectivity index (χ0v) is 9.32. The average molecular weight is 255 g/mol. The minimum absolute atomic E-state index is 0.0866. The molecule has 0 spiro atoms. The summed E-state index contributed by atoms with van der Waals surface area (Å²) in [6.07, 6.45) is -2.55. The summed E-state index contributed by atoms with van der Waals surface area (Å²) in [6, 6.07) is 0. The van der Waals surface area contributed by atoms with Gasteiger partial charge < -0.3 is 9.64 Å². The van der Waals surface area contributed by atoms with Crippen molar-refractivity contribution in [3.8, 4) is 0 Å². The molecular weight excluding hydrogens is 246 g/mol. The lowest BCUT2D eigenvalue weighted by Gasteiger charge is -2.25. The van der Waals surface area contributed by atoms with E-state index in [0.29, 0.717) is 31.4 Å². The van der Waals surface area contributed by atoms with Crippen LogP contribution in [0.15, 0.2) is 0 Å². The summed E-state index contributed by atoms with van der Waals surface area (Å²) in [5.74, 6) is 0. The summed E-state index contributed by atoms with van der Waals surface area (Å²) in [6.45, 7) is 2.54. The van der Waals surface area contributed by atoms with Crippen LogP contribution in [0.25, 0.3) is 0 Å². The van der Waals surface area contributed by atoms with Gasteiger partial charge in [-0.2, -0.15) is 0 Å². The molecule has 84 valence electrons. The third-order valence-corrected chi connectivity index (χ3v) is 3.60. The number of morpholine rings is 1. The number of hydrogen-bond donors (Lipinski definition) is 0. The Hall–Kier alpha value is -0.460. The Morgan fingerprint density at radius 3 is 2.60 bits per heavy atom. The van der Waals surface area contributed by atoms with Crippen molar-refractivity contribution in [3.05, 3.63) is 10.0 Å². The molecule has 0 unspecified atom stereocenters. The summed E-state index contributed by atoms with van der Waals surface area (Å²) in [4.78, 5) is 5.68. The van der Waals surface area contributed by atoms with Crippen LogP contribution < -0.4 is 4.90 Å². The number of nitrogens with zero attached hydrogens (tertiary/aromatic N) is 2. The van der Waals surface area contributed by atoms with Crippen molar-refractivity contribution in [3.63, 3.8) is 0 Å². The molecule has 3 nitrogen and oxygen atoms in total. The molecule has 1 aromatic rings. The van der Waals surface area contributed by atoms with E-state index in [9.17, 15) is 8.78 Å². The highest BCUT2D eigenvalue weighted by Gasteiger charge is 2.22. The van der Waals surface area contributed by atoms with Gasteiger partial charge >= 0.3 is 0 Å². The lowest BCUT2D eigenvalue weighted by Crippen LogP contribution is -2.36. The van der Waals surface area contributed by atoms with Crippen LogP contribution in [-0.2, 0) is 4.74 Å². The van der Waals surface area contributed by atoms with Gasteiger partial charge in [-0.25, -0.2) is 13.8 Å². The second kappa shape index (κ2) is 4.59. The molecule has 0 radical (unpaired) electrons. The molecular formula is C8H9ClF2N2OS. The van der Waals surface area contributed by atoms with E-state index in [1.807, 2.05) is 4.90 Å². The van der Waals surface area contributed by atoms with Crippen molar-refractivity contribution in [1.29, 1.82) is 0 Å². The van der Waals surface area contributed by atoms with Gasteiger partial charge in [0.2, 0.25) is 0 Å². The first-order valence-corrected chi connectivity index (χ1v) is 5.65. The van der Waals surface area contributed by atoms with Crippen molar-refractivity contribution < 1.29 is 13.5 Å².